The van der Waals surface area contributed by atoms with E-state index in [4.69, 9.17) is 4.52 Å². The van der Waals surface area contributed by atoms with Crippen molar-refractivity contribution in [3.05, 3.63) is 30.3 Å². The maximum Gasteiger partial charge on any atom is 0.233 e. The molecule has 0 radical (unpaired) electrons. The highest BCUT2D eigenvalue weighted by molar-refractivity contribution is 7.99. The van der Waals surface area contributed by atoms with Gasteiger partial charge in [0.05, 0.1) is 12.0 Å². The number of nitrogens with zero attached hydrogens (tertiary/aromatic N) is 3. The fourth-order valence-electron chi connectivity index (χ4n) is 1.76. The van der Waals surface area contributed by atoms with Crippen molar-refractivity contribution in [3.63, 3.8) is 0 Å². The summed E-state index contributed by atoms with van der Waals surface area (Å²) in [6.07, 6.45) is 1.29. The van der Waals surface area contributed by atoms with Gasteiger partial charge in [-0.05, 0) is 12.1 Å². The molecule has 3 heterocycles. The Hall–Kier alpha value is -1.40. The molecule has 0 amide bonds. The molecule has 88 valence electrons. The van der Waals surface area contributed by atoms with Gasteiger partial charge in [-0.25, -0.2) is 0 Å². The van der Waals surface area contributed by atoms with E-state index < -0.39 is 6.10 Å². The van der Waals surface area contributed by atoms with Crippen molar-refractivity contribution in [1.82, 2.24) is 15.1 Å². The standard InChI is InChI=1S/C11H11N3O2S/c15-9-6-17-5-7(9)11-13-10(14-16-11)8-3-1-2-4-12-8/h1-4,7,9,15H,5-6H2. The third kappa shape index (κ3) is 2.05. The molecule has 17 heavy (non-hydrogen) atoms. The molecule has 2 aromatic rings. The Morgan fingerprint density at radius 2 is 2.29 bits per heavy atom. The average Bonchev–Trinajstić information content (AvgIpc) is 2.98. The highest BCUT2D eigenvalue weighted by Crippen LogP contribution is 2.32. The Morgan fingerprint density at radius 1 is 1.35 bits per heavy atom. The fourth-order valence-corrected chi connectivity index (χ4v) is 2.99. The molecule has 0 bridgehead atoms. The molecule has 2 aromatic heterocycles. The van der Waals surface area contributed by atoms with Gasteiger partial charge < -0.3 is 9.63 Å². The Kier molecular flexibility index (Phi) is 2.82. The smallest absolute Gasteiger partial charge is 0.233 e. The third-order valence-electron chi connectivity index (χ3n) is 2.70. The van der Waals surface area contributed by atoms with E-state index in [1.807, 2.05) is 18.2 Å². The monoisotopic (exact) mass is 249 g/mol. The summed E-state index contributed by atoms with van der Waals surface area (Å²) < 4.78 is 5.20. The SMILES string of the molecule is OC1CSCC1c1nc(-c2ccccn2)no1. The average molecular weight is 249 g/mol. The second-order valence-corrected chi connectivity index (χ2v) is 4.96. The zero-order valence-electron chi connectivity index (χ0n) is 8.98. The molecule has 0 saturated carbocycles. The van der Waals surface area contributed by atoms with Gasteiger partial charge >= 0.3 is 0 Å². The van der Waals surface area contributed by atoms with Gasteiger partial charge in [-0.3, -0.25) is 4.98 Å². The summed E-state index contributed by atoms with van der Waals surface area (Å²) in [5, 5.41) is 13.7. The summed E-state index contributed by atoms with van der Waals surface area (Å²) in [4.78, 5) is 8.45. The second-order valence-electron chi connectivity index (χ2n) is 3.88. The molecule has 0 aliphatic carbocycles. The maximum atomic E-state index is 9.76. The summed E-state index contributed by atoms with van der Waals surface area (Å²) in [5.74, 6) is 2.48. The van der Waals surface area contributed by atoms with E-state index in [1.165, 1.54) is 0 Å². The minimum absolute atomic E-state index is 0.0510. The van der Waals surface area contributed by atoms with Crippen LogP contribution in [-0.2, 0) is 0 Å². The van der Waals surface area contributed by atoms with Gasteiger partial charge in [0, 0.05) is 17.7 Å². The van der Waals surface area contributed by atoms with Gasteiger partial charge in [0.25, 0.3) is 0 Å². The van der Waals surface area contributed by atoms with Crippen molar-refractivity contribution >= 4 is 11.8 Å². The van der Waals surface area contributed by atoms with Crippen LogP contribution in [0.4, 0.5) is 0 Å². The first-order valence-corrected chi connectivity index (χ1v) is 6.51. The molecule has 3 rings (SSSR count). The van der Waals surface area contributed by atoms with Crippen LogP contribution in [0.25, 0.3) is 11.5 Å². The van der Waals surface area contributed by atoms with Crippen LogP contribution in [0.3, 0.4) is 0 Å². The number of aliphatic hydroxyl groups is 1. The fraction of sp³-hybridized carbons (Fsp3) is 0.364. The number of hydrogen-bond donors (Lipinski definition) is 1. The zero-order valence-corrected chi connectivity index (χ0v) is 9.80. The first kappa shape index (κ1) is 10.7. The highest BCUT2D eigenvalue weighted by atomic mass is 32.2. The molecule has 1 saturated heterocycles. The second kappa shape index (κ2) is 4.46. The predicted molar refractivity (Wildman–Crippen MR) is 63.6 cm³/mol. The Bertz CT molecular complexity index is 502. The van der Waals surface area contributed by atoms with E-state index in [9.17, 15) is 5.11 Å². The Balaban J connectivity index is 1.88. The Morgan fingerprint density at radius 3 is 3.00 bits per heavy atom. The molecule has 2 unspecified atom stereocenters. The summed E-state index contributed by atoms with van der Waals surface area (Å²) >= 11 is 1.70. The van der Waals surface area contributed by atoms with Gasteiger partial charge in [0.1, 0.15) is 5.69 Å². The topological polar surface area (TPSA) is 72.0 Å². The predicted octanol–water partition coefficient (Wildman–Crippen LogP) is 1.32. The van der Waals surface area contributed by atoms with Crippen LogP contribution in [0, 0.1) is 0 Å². The van der Waals surface area contributed by atoms with Crippen molar-refractivity contribution in [3.8, 4) is 11.5 Å². The van der Waals surface area contributed by atoms with Crippen LogP contribution in [0.5, 0.6) is 0 Å². The van der Waals surface area contributed by atoms with Crippen LogP contribution >= 0.6 is 11.8 Å². The first-order chi connectivity index (χ1) is 8.34. The van der Waals surface area contributed by atoms with E-state index in [0.29, 0.717) is 17.4 Å². The summed E-state index contributed by atoms with van der Waals surface area (Å²) in [6, 6.07) is 5.54. The largest absolute Gasteiger partial charge is 0.391 e. The van der Waals surface area contributed by atoms with Crippen LogP contribution in [0.15, 0.2) is 28.9 Å². The van der Waals surface area contributed by atoms with Crippen LogP contribution in [0.2, 0.25) is 0 Å². The molecular weight excluding hydrogens is 238 g/mol. The van der Waals surface area contributed by atoms with Crippen molar-refractivity contribution in [2.24, 2.45) is 0 Å². The van der Waals surface area contributed by atoms with Gasteiger partial charge in [0.2, 0.25) is 11.7 Å². The van der Waals surface area contributed by atoms with E-state index >= 15 is 0 Å². The number of pyridine rings is 1. The number of hydrogen-bond acceptors (Lipinski definition) is 6. The number of thioether (sulfide) groups is 1. The van der Waals surface area contributed by atoms with Gasteiger partial charge in [-0.1, -0.05) is 11.2 Å². The van der Waals surface area contributed by atoms with E-state index in [-0.39, 0.29) is 5.92 Å². The van der Waals surface area contributed by atoms with E-state index in [2.05, 4.69) is 15.1 Å². The molecule has 0 aromatic carbocycles. The molecule has 1 fully saturated rings. The van der Waals surface area contributed by atoms with Crippen LogP contribution in [0.1, 0.15) is 11.8 Å². The van der Waals surface area contributed by atoms with E-state index in [1.54, 1.807) is 18.0 Å². The van der Waals surface area contributed by atoms with Crippen LogP contribution < -0.4 is 0 Å². The quantitative estimate of drug-likeness (QED) is 0.865. The molecule has 0 spiro atoms. The molecule has 5 nitrogen and oxygen atoms in total. The lowest BCUT2D eigenvalue weighted by molar-refractivity contribution is 0.164. The van der Waals surface area contributed by atoms with Gasteiger partial charge in [0.15, 0.2) is 0 Å². The molecular formula is C11H11N3O2S. The van der Waals surface area contributed by atoms with Crippen molar-refractivity contribution in [2.75, 3.05) is 11.5 Å². The molecule has 2 atom stereocenters. The highest BCUT2D eigenvalue weighted by Gasteiger charge is 2.32. The molecule has 6 heteroatoms. The molecule has 1 N–H and O–H groups in total. The minimum atomic E-state index is -0.392. The van der Waals surface area contributed by atoms with Crippen molar-refractivity contribution in [1.29, 1.82) is 0 Å². The number of aromatic nitrogens is 3. The van der Waals surface area contributed by atoms with Crippen LogP contribution in [-0.4, -0.2) is 37.8 Å². The maximum absolute atomic E-state index is 9.76. The molecule has 1 aliphatic rings. The summed E-state index contributed by atoms with van der Waals surface area (Å²) in [6.45, 7) is 0. The van der Waals surface area contributed by atoms with E-state index in [0.717, 1.165) is 11.5 Å². The van der Waals surface area contributed by atoms with Gasteiger partial charge in [-0.2, -0.15) is 16.7 Å². The number of rotatable bonds is 2. The number of aliphatic hydroxyl groups excluding tert-OH is 1. The lowest BCUT2D eigenvalue weighted by Gasteiger charge is -2.06. The normalized spacial score (nSPS) is 24.1. The summed E-state index contributed by atoms with van der Waals surface area (Å²) in [7, 11) is 0. The minimum Gasteiger partial charge on any atom is -0.391 e. The third-order valence-corrected chi connectivity index (χ3v) is 3.88. The van der Waals surface area contributed by atoms with Crippen molar-refractivity contribution < 1.29 is 9.63 Å². The Labute approximate surface area is 102 Å². The molecule has 1 aliphatic heterocycles. The first-order valence-electron chi connectivity index (χ1n) is 5.35. The zero-order chi connectivity index (χ0) is 11.7. The van der Waals surface area contributed by atoms with Gasteiger partial charge in [-0.15, -0.1) is 0 Å². The lowest BCUT2D eigenvalue weighted by Crippen LogP contribution is -2.15. The lowest BCUT2D eigenvalue weighted by atomic mass is 10.1. The van der Waals surface area contributed by atoms with Crippen molar-refractivity contribution in [2.45, 2.75) is 12.0 Å². The summed E-state index contributed by atoms with van der Waals surface area (Å²) in [5.41, 5.74) is 0.683.